The summed E-state index contributed by atoms with van der Waals surface area (Å²) < 4.78 is 106. The first-order chi connectivity index (χ1) is 24.1. The van der Waals surface area contributed by atoms with Crippen molar-refractivity contribution in [1.29, 1.82) is 0 Å². The number of carbonyl (C=O) groups excluding carboxylic acids is 2. The maximum atomic E-state index is 16.0. The first-order valence-corrected chi connectivity index (χ1v) is 17.0. The third kappa shape index (κ3) is 10.4. The van der Waals surface area contributed by atoms with Gasteiger partial charge in [0.25, 0.3) is 5.56 Å². The van der Waals surface area contributed by atoms with Crippen molar-refractivity contribution in [2.75, 3.05) is 27.2 Å². The van der Waals surface area contributed by atoms with Crippen LogP contribution < -0.4 is 10.9 Å². The summed E-state index contributed by atoms with van der Waals surface area (Å²) in [6.45, 7) is 9.75. The molecule has 0 aliphatic heterocycles. The van der Waals surface area contributed by atoms with Crippen LogP contribution in [0.3, 0.4) is 0 Å². The van der Waals surface area contributed by atoms with Crippen molar-refractivity contribution in [3.8, 4) is 11.1 Å². The number of carbonyl (C=O) groups is 2. The summed E-state index contributed by atoms with van der Waals surface area (Å²) in [4.78, 5) is 42.1. The minimum Gasteiger partial charge on any atom is -0.466 e. The highest BCUT2D eigenvalue weighted by Gasteiger charge is 2.37. The van der Waals surface area contributed by atoms with Crippen LogP contribution in [0, 0.1) is 32.5 Å². The largest absolute Gasteiger partial charge is 0.466 e. The van der Waals surface area contributed by atoms with E-state index in [9.17, 15) is 40.7 Å². The normalized spacial score (nSPS) is 13.4. The number of benzene rings is 2. The Balaban J connectivity index is 2.21. The number of esters is 1. The van der Waals surface area contributed by atoms with E-state index in [0.717, 1.165) is 16.8 Å². The molecule has 7 nitrogen and oxygen atoms in total. The standard InChI is InChI=1S/C38H46F7N3O4/c1-9-52-33(50)19-30(27-17-26(16-23(5)35(27)39)34-22(4)12-13-28(24(34)6)37(40,41)42)46-36(51)31(15-21(2)3)48-20-25(11-10-14-47(7)8)29(18-32(48)49)38(43,44)45/h12-13,16-18,20-21,30-31H,9-11,14-15,19H2,1-8H3,(H,46,51)/t30-,31?/m0/s1. The highest BCUT2D eigenvalue weighted by molar-refractivity contribution is 5.82. The monoisotopic (exact) mass is 741 g/mol. The zero-order chi connectivity index (χ0) is 39.3. The van der Waals surface area contributed by atoms with Crippen LogP contribution in [-0.4, -0.2) is 48.6 Å². The smallest absolute Gasteiger partial charge is 0.416 e. The number of hydrogen-bond donors (Lipinski definition) is 1. The molecule has 0 spiro atoms. The van der Waals surface area contributed by atoms with Gasteiger partial charge in [-0.25, -0.2) is 4.39 Å². The van der Waals surface area contributed by atoms with Crippen molar-refractivity contribution in [3.05, 3.63) is 91.6 Å². The van der Waals surface area contributed by atoms with Gasteiger partial charge in [-0.3, -0.25) is 14.4 Å². The van der Waals surface area contributed by atoms with Gasteiger partial charge in [0.1, 0.15) is 11.9 Å². The van der Waals surface area contributed by atoms with Crippen LogP contribution in [0.2, 0.25) is 0 Å². The van der Waals surface area contributed by atoms with E-state index in [4.69, 9.17) is 4.74 Å². The van der Waals surface area contributed by atoms with Crippen LogP contribution in [-0.2, 0) is 33.1 Å². The van der Waals surface area contributed by atoms with Crippen molar-refractivity contribution in [1.82, 2.24) is 14.8 Å². The number of halogens is 7. The van der Waals surface area contributed by atoms with Gasteiger partial charge in [-0.1, -0.05) is 19.9 Å². The highest BCUT2D eigenvalue weighted by atomic mass is 19.4. The number of hydrogen-bond acceptors (Lipinski definition) is 5. The third-order valence-corrected chi connectivity index (χ3v) is 8.77. The van der Waals surface area contributed by atoms with Crippen molar-refractivity contribution >= 4 is 11.9 Å². The van der Waals surface area contributed by atoms with Gasteiger partial charge in [0, 0.05) is 17.8 Å². The first-order valence-electron chi connectivity index (χ1n) is 17.0. The number of alkyl halides is 6. The van der Waals surface area contributed by atoms with E-state index >= 15 is 4.39 Å². The first kappa shape index (κ1) is 42.2. The number of amides is 1. The quantitative estimate of drug-likeness (QED) is 0.132. The van der Waals surface area contributed by atoms with E-state index in [1.807, 2.05) is 0 Å². The van der Waals surface area contributed by atoms with Gasteiger partial charge < -0.3 is 19.5 Å². The number of rotatable bonds is 14. The predicted octanol–water partition coefficient (Wildman–Crippen LogP) is 8.51. The molecule has 3 rings (SSSR count). The van der Waals surface area contributed by atoms with Gasteiger partial charge in [-0.2, -0.15) is 26.3 Å². The fourth-order valence-electron chi connectivity index (χ4n) is 6.36. The lowest BCUT2D eigenvalue weighted by molar-refractivity contribution is -0.144. The molecule has 1 heterocycles. The van der Waals surface area contributed by atoms with Crippen LogP contribution in [0.1, 0.15) is 91.1 Å². The van der Waals surface area contributed by atoms with Crippen LogP contribution in [0.4, 0.5) is 30.7 Å². The molecule has 0 aliphatic rings. The molecule has 3 aromatic rings. The molecule has 2 aromatic carbocycles. The van der Waals surface area contributed by atoms with Crippen LogP contribution >= 0.6 is 0 Å². The van der Waals surface area contributed by atoms with E-state index in [0.29, 0.717) is 24.6 Å². The maximum absolute atomic E-state index is 16.0. The Kier molecular flexibility index (Phi) is 13.9. The fraction of sp³-hybridized carbons (Fsp3) is 0.500. The molecule has 2 atom stereocenters. The molecule has 0 saturated carbocycles. The lowest BCUT2D eigenvalue weighted by Gasteiger charge is -2.27. The molecule has 1 amide bonds. The van der Waals surface area contributed by atoms with E-state index in [1.54, 1.807) is 46.7 Å². The summed E-state index contributed by atoms with van der Waals surface area (Å²) in [5.41, 5.74) is -2.69. The van der Waals surface area contributed by atoms with Gasteiger partial charge in [-0.05, 0) is 125 Å². The van der Waals surface area contributed by atoms with Crippen molar-refractivity contribution in [2.24, 2.45) is 5.92 Å². The van der Waals surface area contributed by atoms with Gasteiger partial charge >= 0.3 is 18.3 Å². The lowest BCUT2D eigenvalue weighted by Crippen LogP contribution is -2.41. The Morgan fingerprint density at radius 2 is 1.58 bits per heavy atom. The van der Waals surface area contributed by atoms with Crippen molar-refractivity contribution in [2.45, 2.75) is 91.7 Å². The summed E-state index contributed by atoms with van der Waals surface area (Å²) in [6, 6.07) is 2.57. The third-order valence-electron chi connectivity index (χ3n) is 8.77. The molecule has 286 valence electrons. The number of nitrogens with zero attached hydrogens (tertiary/aromatic N) is 2. The lowest BCUT2D eigenvalue weighted by atomic mass is 9.88. The number of aryl methyl sites for hydroxylation is 3. The van der Waals surface area contributed by atoms with Gasteiger partial charge in [-0.15, -0.1) is 0 Å². The molecule has 0 fully saturated rings. The van der Waals surface area contributed by atoms with Crippen molar-refractivity contribution < 1.29 is 45.1 Å². The molecule has 1 unspecified atom stereocenters. The Hall–Kier alpha value is -4.20. The van der Waals surface area contributed by atoms with E-state index in [-0.39, 0.29) is 58.7 Å². The second-order valence-electron chi connectivity index (χ2n) is 13.7. The van der Waals surface area contributed by atoms with Crippen LogP contribution in [0.25, 0.3) is 11.1 Å². The molecule has 1 aromatic heterocycles. The molecule has 0 radical (unpaired) electrons. The van der Waals surface area contributed by atoms with Crippen LogP contribution in [0.5, 0.6) is 0 Å². The Bertz CT molecular complexity index is 1810. The number of nitrogens with one attached hydrogen (secondary N) is 1. The summed E-state index contributed by atoms with van der Waals surface area (Å²) in [5, 5.41) is 2.64. The second kappa shape index (κ2) is 17.1. The zero-order valence-corrected chi connectivity index (χ0v) is 30.6. The van der Waals surface area contributed by atoms with E-state index in [1.165, 1.54) is 32.0 Å². The molecular formula is C38H46F7N3O4. The van der Waals surface area contributed by atoms with Gasteiger partial charge in [0.2, 0.25) is 5.91 Å². The zero-order valence-electron chi connectivity index (χ0n) is 30.6. The number of pyridine rings is 1. The van der Waals surface area contributed by atoms with Gasteiger partial charge in [0.05, 0.1) is 30.2 Å². The van der Waals surface area contributed by atoms with E-state index < -0.39 is 65.2 Å². The molecule has 0 saturated heterocycles. The highest BCUT2D eigenvalue weighted by Crippen LogP contribution is 2.40. The van der Waals surface area contributed by atoms with E-state index in [2.05, 4.69) is 5.32 Å². The molecule has 1 N–H and O–H groups in total. The topological polar surface area (TPSA) is 80.6 Å². The summed E-state index contributed by atoms with van der Waals surface area (Å²) in [7, 11) is 3.53. The second-order valence-corrected chi connectivity index (χ2v) is 13.7. The maximum Gasteiger partial charge on any atom is 0.416 e. The SMILES string of the molecule is CCOC(=O)C[C@H](NC(=O)C(CC(C)C)n1cc(CCCN(C)C)c(C(F)(F)F)cc1=O)c1cc(-c2c(C)ccc(C(F)(F)F)c2C)cc(C)c1F. The molecular weight excluding hydrogens is 695 g/mol. The summed E-state index contributed by atoms with van der Waals surface area (Å²) >= 11 is 0. The number of ether oxygens (including phenoxy) is 1. The Morgan fingerprint density at radius 1 is 0.942 bits per heavy atom. The fourth-order valence-corrected chi connectivity index (χ4v) is 6.36. The summed E-state index contributed by atoms with van der Waals surface area (Å²) in [5.74, 6) is -2.79. The van der Waals surface area contributed by atoms with Crippen molar-refractivity contribution in [3.63, 3.8) is 0 Å². The minimum absolute atomic E-state index is 0.00938. The number of aromatic nitrogens is 1. The average Bonchev–Trinajstić information content (AvgIpc) is 3.00. The molecule has 52 heavy (non-hydrogen) atoms. The molecule has 0 aliphatic carbocycles. The Morgan fingerprint density at radius 3 is 2.13 bits per heavy atom. The summed E-state index contributed by atoms with van der Waals surface area (Å²) in [6.07, 6.45) is -8.77. The predicted molar refractivity (Wildman–Crippen MR) is 184 cm³/mol. The molecule has 14 heteroatoms. The molecule has 0 bridgehead atoms. The van der Waals surface area contributed by atoms with Crippen LogP contribution in [0.15, 0.2) is 41.3 Å². The average molecular weight is 742 g/mol. The Labute approximate surface area is 299 Å². The minimum atomic E-state index is -4.83. The van der Waals surface area contributed by atoms with Gasteiger partial charge in [0.15, 0.2) is 0 Å².